The summed E-state index contributed by atoms with van der Waals surface area (Å²) in [6.07, 6.45) is 5.16. The fourth-order valence-corrected chi connectivity index (χ4v) is 2.92. The van der Waals surface area contributed by atoms with Gasteiger partial charge in [-0.15, -0.1) is 0 Å². The van der Waals surface area contributed by atoms with Gasteiger partial charge in [-0.25, -0.2) is 0 Å². The highest BCUT2D eigenvalue weighted by Crippen LogP contribution is 2.36. The van der Waals surface area contributed by atoms with E-state index in [1.807, 2.05) is 12.1 Å². The van der Waals surface area contributed by atoms with Gasteiger partial charge < -0.3 is 0 Å². The first kappa shape index (κ1) is 12.9. The molecule has 0 aliphatic heterocycles. The summed E-state index contributed by atoms with van der Waals surface area (Å²) in [5.74, 6) is 7.25. The van der Waals surface area contributed by atoms with Gasteiger partial charge in [0.05, 0.1) is 0 Å². The number of rotatable bonds is 3. The smallest absolute Gasteiger partial charge is 0.0488 e. The van der Waals surface area contributed by atoms with Gasteiger partial charge in [0.2, 0.25) is 0 Å². The Kier molecular flexibility index (Phi) is 4.43. The molecule has 0 spiro atoms. The molecule has 1 unspecified atom stereocenters. The number of hydrazine groups is 1. The second-order valence-corrected chi connectivity index (χ2v) is 5.65. The van der Waals surface area contributed by atoms with Gasteiger partial charge in [0, 0.05) is 11.1 Å². The number of halogens is 1. The van der Waals surface area contributed by atoms with Crippen LogP contribution in [0.3, 0.4) is 0 Å². The molecule has 0 saturated heterocycles. The average Bonchev–Trinajstić information content (AvgIpc) is 2.35. The number of hydrogen-bond donors (Lipinski definition) is 2. The van der Waals surface area contributed by atoms with Crippen LogP contribution in [0.4, 0.5) is 0 Å². The van der Waals surface area contributed by atoms with E-state index in [1.54, 1.807) is 0 Å². The highest BCUT2D eigenvalue weighted by molar-refractivity contribution is 6.30. The van der Waals surface area contributed by atoms with Crippen LogP contribution < -0.4 is 11.3 Å². The summed E-state index contributed by atoms with van der Waals surface area (Å²) in [6.45, 7) is 2.34. The quantitative estimate of drug-likeness (QED) is 0.636. The number of nitrogens with two attached hydrogens (primary N) is 1. The first-order chi connectivity index (χ1) is 8.20. The minimum absolute atomic E-state index is 0.264. The maximum Gasteiger partial charge on any atom is 0.0488 e. The SMILES string of the molecule is CC1CCC(C(NN)c2ccc(Cl)cc2)CC1. The molecule has 0 aromatic heterocycles. The minimum atomic E-state index is 0.264. The van der Waals surface area contributed by atoms with Gasteiger partial charge in [0.1, 0.15) is 0 Å². The standard InChI is InChI=1S/C14H21ClN2/c1-10-2-4-11(5-3-10)14(17-16)12-6-8-13(15)9-7-12/h6-11,14,17H,2-5,16H2,1H3. The fraction of sp³-hybridized carbons (Fsp3) is 0.571. The maximum absolute atomic E-state index is 5.91. The first-order valence-corrected chi connectivity index (χ1v) is 6.80. The molecule has 1 aromatic carbocycles. The summed E-state index contributed by atoms with van der Waals surface area (Å²) in [4.78, 5) is 0. The normalized spacial score (nSPS) is 26.8. The molecular weight excluding hydrogens is 232 g/mol. The van der Waals surface area contributed by atoms with Gasteiger partial charge in [-0.3, -0.25) is 11.3 Å². The van der Waals surface area contributed by atoms with Crippen molar-refractivity contribution in [3.8, 4) is 0 Å². The van der Waals surface area contributed by atoms with Crippen molar-refractivity contribution in [2.45, 2.75) is 38.6 Å². The summed E-state index contributed by atoms with van der Waals surface area (Å²) in [5, 5.41) is 0.779. The lowest BCUT2D eigenvalue weighted by Crippen LogP contribution is -2.35. The van der Waals surface area contributed by atoms with Crippen LogP contribution in [-0.2, 0) is 0 Å². The van der Waals surface area contributed by atoms with Crippen molar-refractivity contribution in [2.75, 3.05) is 0 Å². The van der Waals surface area contributed by atoms with E-state index in [2.05, 4.69) is 24.5 Å². The van der Waals surface area contributed by atoms with Gasteiger partial charge in [0.15, 0.2) is 0 Å². The Morgan fingerprint density at radius 1 is 1.18 bits per heavy atom. The Hall–Kier alpha value is -0.570. The summed E-state index contributed by atoms with van der Waals surface area (Å²) < 4.78 is 0. The zero-order valence-corrected chi connectivity index (χ0v) is 11.1. The van der Waals surface area contributed by atoms with E-state index in [1.165, 1.54) is 31.2 Å². The topological polar surface area (TPSA) is 38.0 Å². The molecule has 0 radical (unpaired) electrons. The Balaban J connectivity index is 2.08. The lowest BCUT2D eigenvalue weighted by molar-refractivity contribution is 0.232. The van der Waals surface area contributed by atoms with Gasteiger partial charge in [-0.05, 0) is 42.4 Å². The molecule has 2 rings (SSSR count). The van der Waals surface area contributed by atoms with Gasteiger partial charge >= 0.3 is 0 Å². The predicted octanol–water partition coefficient (Wildman–Crippen LogP) is 3.67. The average molecular weight is 253 g/mol. The minimum Gasteiger partial charge on any atom is -0.271 e. The zero-order chi connectivity index (χ0) is 12.3. The number of benzene rings is 1. The van der Waals surface area contributed by atoms with Crippen molar-refractivity contribution in [3.05, 3.63) is 34.9 Å². The molecule has 0 amide bonds. The van der Waals surface area contributed by atoms with Crippen molar-refractivity contribution >= 4 is 11.6 Å². The van der Waals surface area contributed by atoms with Crippen molar-refractivity contribution in [1.82, 2.24) is 5.43 Å². The second kappa shape index (κ2) is 5.85. The van der Waals surface area contributed by atoms with E-state index in [4.69, 9.17) is 17.4 Å². The van der Waals surface area contributed by atoms with Crippen LogP contribution in [0.5, 0.6) is 0 Å². The van der Waals surface area contributed by atoms with E-state index in [-0.39, 0.29) is 6.04 Å². The summed E-state index contributed by atoms with van der Waals surface area (Å²) in [6, 6.07) is 8.29. The number of nitrogens with one attached hydrogen (secondary N) is 1. The molecule has 1 saturated carbocycles. The van der Waals surface area contributed by atoms with Crippen LogP contribution >= 0.6 is 11.6 Å². The lowest BCUT2D eigenvalue weighted by Gasteiger charge is -2.32. The summed E-state index contributed by atoms with van der Waals surface area (Å²) in [5.41, 5.74) is 4.23. The van der Waals surface area contributed by atoms with E-state index >= 15 is 0 Å². The first-order valence-electron chi connectivity index (χ1n) is 6.42. The Labute approximate surface area is 109 Å². The molecule has 3 N–H and O–H groups in total. The second-order valence-electron chi connectivity index (χ2n) is 5.22. The monoisotopic (exact) mass is 252 g/mol. The van der Waals surface area contributed by atoms with Crippen LogP contribution in [-0.4, -0.2) is 0 Å². The highest BCUT2D eigenvalue weighted by atomic mass is 35.5. The molecule has 1 aliphatic rings. The van der Waals surface area contributed by atoms with Crippen molar-refractivity contribution < 1.29 is 0 Å². The van der Waals surface area contributed by atoms with Crippen LogP contribution in [0.25, 0.3) is 0 Å². The molecular formula is C14H21ClN2. The third-order valence-corrected chi connectivity index (χ3v) is 4.19. The molecule has 1 aliphatic carbocycles. The maximum atomic E-state index is 5.91. The zero-order valence-electron chi connectivity index (χ0n) is 10.3. The molecule has 2 nitrogen and oxygen atoms in total. The van der Waals surface area contributed by atoms with Crippen LogP contribution in [0.1, 0.15) is 44.2 Å². The molecule has 3 heteroatoms. The Morgan fingerprint density at radius 2 is 1.76 bits per heavy atom. The van der Waals surface area contributed by atoms with Crippen LogP contribution in [0.15, 0.2) is 24.3 Å². The Bertz CT molecular complexity index is 342. The highest BCUT2D eigenvalue weighted by Gasteiger charge is 2.26. The van der Waals surface area contributed by atoms with Gasteiger partial charge in [-0.1, -0.05) is 43.5 Å². The van der Waals surface area contributed by atoms with E-state index in [0.717, 1.165) is 10.9 Å². The molecule has 1 aromatic rings. The molecule has 94 valence electrons. The van der Waals surface area contributed by atoms with Crippen molar-refractivity contribution in [1.29, 1.82) is 0 Å². The fourth-order valence-electron chi connectivity index (χ4n) is 2.79. The molecule has 1 fully saturated rings. The largest absolute Gasteiger partial charge is 0.271 e. The van der Waals surface area contributed by atoms with Crippen LogP contribution in [0, 0.1) is 11.8 Å². The van der Waals surface area contributed by atoms with Crippen molar-refractivity contribution in [2.24, 2.45) is 17.7 Å². The van der Waals surface area contributed by atoms with Gasteiger partial charge in [-0.2, -0.15) is 0 Å². The van der Waals surface area contributed by atoms with E-state index < -0.39 is 0 Å². The molecule has 0 heterocycles. The van der Waals surface area contributed by atoms with E-state index in [9.17, 15) is 0 Å². The molecule has 1 atom stereocenters. The molecule has 17 heavy (non-hydrogen) atoms. The third-order valence-electron chi connectivity index (χ3n) is 3.94. The summed E-state index contributed by atoms with van der Waals surface area (Å²) >= 11 is 5.91. The number of hydrogen-bond acceptors (Lipinski definition) is 2. The lowest BCUT2D eigenvalue weighted by atomic mass is 9.77. The van der Waals surface area contributed by atoms with Gasteiger partial charge in [0.25, 0.3) is 0 Å². The predicted molar refractivity (Wildman–Crippen MR) is 72.6 cm³/mol. The van der Waals surface area contributed by atoms with E-state index in [0.29, 0.717) is 5.92 Å². The van der Waals surface area contributed by atoms with Crippen LogP contribution in [0.2, 0.25) is 5.02 Å². The van der Waals surface area contributed by atoms with Crippen molar-refractivity contribution in [3.63, 3.8) is 0 Å². The summed E-state index contributed by atoms with van der Waals surface area (Å²) in [7, 11) is 0. The third kappa shape index (κ3) is 3.21. The Morgan fingerprint density at radius 3 is 2.29 bits per heavy atom. The molecule has 0 bridgehead atoms.